The summed E-state index contributed by atoms with van der Waals surface area (Å²) in [6.45, 7) is 8.78. The molecule has 2 aromatic carbocycles. The van der Waals surface area contributed by atoms with Crippen LogP contribution in [0.25, 0.3) is 10.9 Å². The molecule has 1 unspecified atom stereocenters. The van der Waals surface area contributed by atoms with Crippen LogP contribution in [0.4, 0.5) is 0 Å². The van der Waals surface area contributed by atoms with Crippen molar-refractivity contribution in [2.75, 3.05) is 52.9 Å². The number of nitrogens with zero attached hydrogens (tertiary/aromatic N) is 4. The fourth-order valence-corrected chi connectivity index (χ4v) is 6.10. The van der Waals surface area contributed by atoms with Crippen LogP contribution in [0.5, 0.6) is 5.75 Å². The van der Waals surface area contributed by atoms with E-state index in [1.54, 1.807) is 0 Å². The van der Waals surface area contributed by atoms with Crippen LogP contribution in [0.15, 0.2) is 48.7 Å². The summed E-state index contributed by atoms with van der Waals surface area (Å²) in [5.74, 6) is 1.08. The number of likely N-dealkylation sites (tertiary alicyclic amines) is 1. The molecule has 7 heteroatoms. The van der Waals surface area contributed by atoms with Crippen LogP contribution in [0, 0.1) is 12.3 Å². The van der Waals surface area contributed by atoms with Gasteiger partial charge in [-0.2, -0.15) is 0 Å². The van der Waals surface area contributed by atoms with E-state index in [0.29, 0.717) is 13.0 Å². The molecule has 198 valence electrons. The van der Waals surface area contributed by atoms with E-state index in [0.717, 1.165) is 75.0 Å². The van der Waals surface area contributed by atoms with Gasteiger partial charge in [0.25, 0.3) is 0 Å². The Morgan fingerprint density at radius 1 is 1.05 bits per heavy atom. The van der Waals surface area contributed by atoms with E-state index in [1.165, 1.54) is 16.5 Å². The number of carbonyl (C=O) groups excluding carboxylic acids is 1. The zero-order valence-corrected chi connectivity index (χ0v) is 23.1. The first-order valence-electron chi connectivity index (χ1n) is 13.4. The van der Waals surface area contributed by atoms with Crippen molar-refractivity contribution in [1.82, 2.24) is 19.3 Å². The molecule has 2 aliphatic heterocycles. The molecule has 0 saturated carbocycles. The number of carbonyl (C=O) groups is 1. The maximum Gasteiger partial charge on any atom is 0.223 e. The average Bonchev–Trinajstić information content (AvgIpc) is 3.20. The van der Waals surface area contributed by atoms with Gasteiger partial charge in [0.05, 0.1) is 6.61 Å². The van der Waals surface area contributed by atoms with Gasteiger partial charge in [0.2, 0.25) is 5.91 Å². The maximum absolute atomic E-state index is 13.5. The van der Waals surface area contributed by atoms with Crippen molar-refractivity contribution in [3.05, 3.63) is 64.8 Å². The predicted octanol–water partition coefficient (Wildman–Crippen LogP) is 4.97. The summed E-state index contributed by atoms with van der Waals surface area (Å²) in [5.41, 5.74) is 3.38. The standard InChI is InChI=1S/C30H39ClN4O2/c1-23-17-25(9-10-27(23)31)37-22-30(18-29(36)35-15-13-32(2)14-16-35)11-6-12-34(21-30)20-24-19-33(3)28-8-5-4-7-26(24)28/h4-5,7-10,17,19H,6,11-16,18,20-22H2,1-3H3. The van der Waals surface area contributed by atoms with E-state index in [1.807, 2.05) is 25.1 Å². The second-order valence-corrected chi connectivity index (χ2v) is 11.6. The molecule has 2 aliphatic rings. The minimum atomic E-state index is -0.225. The van der Waals surface area contributed by atoms with E-state index in [-0.39, 0.29) is 11.3 Å². The largest absolute Gasteiger partial charge is 0.493 e. The van der Waals surface area contributed by atoms with Crippen LogP contribution in [0.2, 0.25) is 5.02 Å². The first-order valence-corrected chi connectivity index (χ1v) is 13.8. The highest BCUT2D eigenvalue weighted by atomic mass is 35.5. The van der Waals surface area contributed by atoms with Gasteiger partial charge in [-0.25, -0.2) is 0 Å². The molecule has 1 atom stereocenters. The second-order valence-electron chi connectivity index (χ2n) is 11.2. The van der Waals surface area contributed by atoms with Crippen LogP contribution in [-0.2, 0) is 18.4 Å². The molecular formula is C30H39ClN4O2. The number of fused-ring (bicyclic) bond motifs is 1. The van der Waals surface area contributed by atoms with Gasteiger partial charge in [-0.3, -0.25) is 9.69 Å². The van der Waals surface area contributed by atoms with Gasteiger partial charge >= 0.3 is 0 Å². The summed E-state index contributed by atoms with van der Waals surface area (Å²) in [6, 6.07) is 14.4. The number of hydrogen-bond donors (Lipinski definition) is 0. The number of piperazine rings is 1. The number of halogens is 1. The van der Waals surface area contributed by atoms with Crippen molar-refractivity contribution >= 4 is 28.4 Å². The molecule has 1 amide bonds. The van der Waals surface area contributed by atoms with E-state index in [4.69, 9.17) is 16.3 Å². The highest BCUT2D eigenvalue weighted by molar-refractivity contribution is 6.31. The number of ether oxygens (including phenoxy) is 1. The van der Waals surface area contributed by atoms with Crippen molar-refractivity contribution in [2.24, 2.45) is 12.5 Å². The van der Waals surface area contributed by atoms with Crippen LogP contribution >= 0.6 is 11.6 Å². The number of amides is 1. The molecule has 2 fully saturated rings. The van der Waals surface area contributed by atoms with Crippen molar-refractivity contribution in [3.8, 4) is 5.75 Å². The number of para-hydroxylation sites is 1. The van der Waals surface area contributed by atoms with E-state index >= 15 is 0 Å². The lowest BCUT2D eigenvalue weighted by molar-refractivity contribution is -0.137. The Labute approximate surface area is 225 Å². The van der Waals surface area contributed by atoms with E-state index < -0.39 is 0 Å². The minimum absolute atomic E-state index is 0.225. The Bertz CT molecular complexity index is 1250. The molecular weight excluding hydrogens is 484 g/mol. The fraction of sp³-hybridized carbons (Fsp3) is 0.500. The predicted molar refractivity (Wildman–Crippen MR) is 150 cm³/mol. The number of aryl methyl sites for hydroxylation is 2. The molecule has 1 aromatic heterocycles. The molecule has 2 saturated heterocycles. The van der Waals surface area contributed by atoms with E-state index in [9.17, 15) is 4.79 Å². The number of aromatic nitrogens is 1. The van der Waals surface area contributed by atoms with Crippen LogP contribution < -0.4 is 4.74 Å². The Hall–Kier alpha value is -2.54. The molecule has 0 bridgehead atoms. The Morgan fingerprint density at radius 3 is 2.62 bits per heavy atom. The zero-order valence-electron chi connectivity index (χ0n) is 22.4. The number of rotatable bonds is 7. The van der Waals surface area contributed by atoms with Gasteiger partial charge < -0.3 is 19.1 Å². The summed E-state index contributed by atoms with van der Waals surface area (Å²) >= 11 is 6.24. The molecule has 3 aromatic rings. The van der Waals surface area contributed by atoms with Crippen molar-refractivity contribution < 1.29 is 9.53 Å². The quantitative estimate of drug-likeness (QED) is 0.439. The monoisotopic (exact) mass is 522 g/mol. The van der Waals surface area contributed by atoms with Gasteiger partial charge in [-0.05, 0) is 68.8 Å². The van der Waals surface area contributed by atoms with Gasteiger partial charge in [-0.15, -0.1) is 0 Å². The lowest BCUT2D eigenvalue weighted by Crippen LogP contribution is -2.52. The molecule has 6 nitrogen and oxygen atoms in total. The van der Waals surface area contributed by atoms with Crippen molar-refractivity contribution in [3.63, 3.8) is 0 Å². The molecule has 0 aliphatic carbocycles. The summed E-state index contributed by atoms with van der Waals surface area (Å²) in [7, 11) is 4.24. The maximum atomic E-state index is 13.5. The lowest BCUT2D eigenvalue weighted by atomic mass is 9.77. The first kappa shape index (κ1) is 26.1. The van der Waals surface area contributed by atoms with Gasteiger partial charge in [0.15, 0.2) is 0 Å². The number of hydrogen-bond acceptors (Lipinski definition) is 4. The van der Waals surface area contributed by atoms with Crippen molar-refractivity contribution in [2.45, 2.75) is 32.7 Å². The Morgan fingerprint density at radius 2 is 1.84 bits per heavy atom. The number of likely N-dealkylation sites (N-methyl/N-ethyl adjacent to an activating group) is 1. The van der Waals surface area contributed by atoms with Gasteiger partial charge in [-0.1, -0.05) is 29.8 Å². The number of benzene rings is 2. The smallest absolute Gasteiger partial charge is 0.223 e. The summed E-state index contributed by atoms with van der Waals surface area (Å²) in [6.07, 6.45) is 4.83. The summed E-state index contributed by atoms with van der Waals surface area (Å²) in [5, 5.41) is 2.05. The molecule has 37 heavy (non-hydrogen) atoms. The molecule has 5 rings (SSSR count). The third-order valence-corrected chi connectivity index (χ3v) is 8.59. The van der Waals surface area contributed by atoms with Crippen LogP contribution in [0.3, 0.4) is 0 Å². The average molecular weight is 523 g/mol. The van der Waals surface area contributed by atoms with Crippen LogP contribution in [0.1, 0.15) is 30.4 Å². The second kappa shape index (κ2) is 11.1. The highest BCUT2D eigenvalue weighted by Crippen LogP contribution is 2.37. The molecule has 0 radical (unpaired) electrons. The topological polar surface area (TPSA) is 41.0 Å². The number of piperidine rings is 1. The minimum Gasteiger partial charge on any atom is -0.493 e. The molecule has 0 spiro atoms. The fourth-order valence-electron chi connectivity index (χ4n) is 5.98. The third-order valence-electron chi connectivity index (χ3n) is 8.17. The van der Waals surface area contributed by atoms with Crippen LogP contribution in [-0.4, -0.2) is 78.1 Å². The Kier molecular flexibility index (Phi) is 7.80. The SMILES string of the molecule is Cc1cc(OCC2(CC(=O)N3CCN(C)CC3)CCCN(Cc3cn(C)c4ccccc34)C2)ccc1Cl. The van der Waals surface area contributed by atoms with Crippen molar-refractivity contribution in [1.29, 1.82) is 0 Å². The first-order chi connectivity index (χ1) is 17.8. The molecule has 0 N–H and O–H groups in total. The van der Waals surface area contributed by atoms with E-state index in [2.05, 4.69) is 63.8 Å². The zero-order chi connectivity index (χ0) is 26.0. The third kappa shape index (κ3) is 5.97. The summed E-state index contributed by atoms with van der Waals surface area (Å²) < 4.78 is 8.61. The lowest BCUT2D eigenvalue weighted by Gasteiger charge is -2.43. The normalized spacial score (nSPS) is 21.5. The highest BCUT2D eigenvalue weighted by Gasteiger charge is 2.40. The Balaban J connectivity index is 1.35. The molecule has 3 heterocycles. The van der Waals surface area contributed by atoms with Gasteiger partial charge in [0, 0.05) is 80.3 Å². The van der Waals surface area contributed by atoms with Gasteiger partial charge in [0.1, 0.15) is 5.75 Å². The summed E-state index contributed by atoms with van der Waals surface area (Å²) in [4.78, 5) is 20.4.